The summed E-state index contributed by atoms with van der Waals surface area (Å²) in [5, 5.41) is 0. The first-order valence-corrected chi connectivity index (χ1v) is 6.15. The molecule has 17 heavy (non-hydrogen) atoms. The predicted octanol–water partition coefficient (Wildman–Crippen LogP) is 0.335. The van der Waals surface area contributed by atoms with Gasteiger partial charge in [-0.25, -0.2) is 0 Å². The van der Waals surface area contributed by atoms with Gasteiger partial charge in [0.25, 0.3) is 0 Å². The summed E-state index contributed by atoms with van der Waals surface area (Å²) in [4.78, 5) is 2.27. The first kappa shape index (κ1) is 16.8. The Morgan fingerprint density at radius 1 is 1.12 bits per heavy atom. The zero-order valence-corrected chi connectivity index (χ0v) is 11.7. The molecular weight excluding hydrogens is 220 g/mol. The van der Waals surface area contributed by atoms with Crippen LogP contribution in [0.15, 0.2) is 0 Å². The highest BCUT2D eigenvalue weighted by Gasteiger charge is 2.30. The Labute approximate surface area is 105 Å². The van der Waals surface area contributed by atoms with Gasteiger partial charge in [0.2, 0.25) is 0 Å². The maximum atomic E-state index is 5.89. The van der Waals surface area contributed by atoms with Crippen LogP contribution < -0.4 is 5.73 Å². The minimum Gasteiger partial charge on any atom is -0.383 e. The van der Waals surface area contributed by atoms with Crippen molar-refractivity contribution in [1.82, 2.24) is 4.90 Å². The lowest BCUT2D eigenvalue weighted by Crippen LogP contribution is -2.56. The summed E-state index contributed by atoms with van der Waals surface area (Å²) in [5.74, 6) is 0. The second kappa shape index (κ2) is 9.79. The zero-order chi connectivity index (χ0) is 13.1. The fourth-order valence-electron chi connectivity index (χ4n) is 1.66. The number of ether oxygens (including phenoxy) is 3. The van der Waals surface area contributed by atoms with Gasteiger partial charge in [0.1, 0.15) is 0 Å². The summed E-state index contributed by atoms with van der Waals surface area (Å²) < 4.78 is 15.8. The molecule has 0 aromatic heterocycles. The smallest absolute Gasteiger partial charge is 0.0659 e. The van der Waals surface area contributed by atoms with Gasteiger partial charge < -0.3 is 19.9 Å². The van der Waals surface area contributed by atoms with Crippen LogP contribution in [0.2, 0.25) is 0 Å². The van der Waals surface area contributed by atoms with Crippen molar-refractivity contribution >= 4 is 0 Å². The third kappa shape index (κ3) is 6.33. The van der Waals surface area contributed by atoms with Crippen LogP contribution in [0.25, 0.3) is 0 Å². The van der Waals surface area contributed by atoms with E-state index in [1.54, 1.807) is 14.2 Å². The lowest BCUT2D eigenvalue weighted by Gasteiger charge is -2.40. The van der Waals surface area contributed by atoms with Crippen LogP contribution in [-0.2, 0) is 14.2 Å². The molecule has 0 saturated carbocycles. The summed E-state index contributed by atoms with van der Waals surface area (Å²) in [6, 6.07) is 0. The number of nitrogens with two attached hydrogens (primary N) is 1. The van der Waals surface area contributed by atoms with Crippen LogP contribution in [0.5, 0.6) is 0 Å². The van der Waals surface area contributed by atoms with E-state index in [0.29, 0.717) is 33.0 Å². The van der Waals surface area contributed by atoms with E-state index in [1.165, 1.54) is 0 Å². The Bertz CT molecular complexity index is 173. The van der Waals surface area contributed by atoms with Crippen LogP contribution in [0.1, 0.15) is 13.8 Å². The number of rotatable bonds is 11. The van der Waals surface area contributed by atoms with Crippen molar-refractivity contribution in [3.05, 3.63) is 0 Å². The van der Waals surface area contributed by atoms with Crippen LogP contribution in [-0.4, -0.2) is 70.7 Å². The largest absolute Gasteiger partial charge is 0.383 e. The quantitative estimate of drug-likeness (QED) is 0.571. The van der Waals surface area contributed by atoms with Gasteiger partial charge in [-0.1, -0.05) is 0 Å². The molecule has 2 N–H and O–H groups in total. The minimum atomic E-state index is -0.160. The molecule has 0 radical (unpaired) electrons. The molecule has 0 aromatic carbocycles. The number of nitrogens with zero attached hydrogens (tertiary/aromatic N) is 1. The first-order valence-electron chi connectivity index (χ1n) is 6.15. The van der Waals surface area contributed by atoms with E-state index < -0.39 is 0 Å². The maximum Gasteiger partial charge on any atom is 0.0659 e. The number of hydrogen-bond donors (Lipinski definition) is 1. The van der Waals surface area contributed by atoms with Crippen molar-refractivity contribution in [2.45, 2.75) is 19.4 Å². The molecule has 5 nitrogen and oxygen atoms in total. The zero-order valence-electron chi connectivity index (χ0n) is 11.7. The van der Waals surface area contributed by atoms with Crippen LogP contribution in [0.3, 0.4) is 0 Å². The van der Waals surface area contributed by atoms with Crippen molar-refractivity contribution in [3.8, 4) is 0 Å². The van der Waals surface area contributed by atoms with Crippen molar-refractivity contribution in [3.63, 3.8) is 0 Å². The highest BCUT2D eigenvalue weighted by Crippen LogP contribution is 2.14. The third-order valence-corrected chi connectivity index (χ3v) is 2.95. The van der Waals surface area contributed by atoms with Gasteiger partial charge in [-0.05, 0) is 13.8 Å². The normalized spacial score (nSPS) is 15.2. The van der Waals surface area contributed by atoms with E-state index in [1.807, 2.05) is 6.92 Å². The Morgan fingerprint density at radius 3 is 2.00 bits per heavy atom. The van der Waals surface area contributed by atoms with Gasteiger partial charge in [0.15, 0.2) is 0 Å². The third-order valence-electron chi connectivity index (χ3n) is 2.95. The Hall–Kier alpha value is -0.200. The lowest BCUT2D eigenvalue weighted by molar-refractivity contribution is -0.0116. The fourth-order valence-corrected chi connectivity index (χ4v) is 1.66. The van der Waals surface area contributed by atoms with E-state index >= 15 is 0 Å². The van der Waals surface area contributed by atoms with Crippen LogP contribution in [0.4, 0.5) is 0 Å². The summed E-state index contributed by atoms with van der Waals surface area (Å²) >= 11 is 0. The molecule has 0 fully saturated rings. The average molecular weight is 248 g/mol. The van der Waals surface area contributed by atoms with E-state index in [2.05, 4.69) is 11.8 Å². The number of methoxy groups -OCH3 is 2. The molecule has 0 rings (SSSR count). The van der Waals surface area contributed by atoms with Gasteiger partial charge in [0, 0.05) is 40.5 Å². The second-order valence-electron chi connectivity index (χ2n) is 4.31. The minimum absolute atomic E-state index is 0.160. The molecule has 0 aromatic rings. The molecule has 0 heterocycles. The van der Waals surface area contributed by atoms with Gasteiger partial charge in [-0.2, -0.15) is 0 Å². The summed E-state index contributed by atoms with van der Waals surface area (Å²) in [6.45, 7) is 9.05. The molecule has 0 saturated heterocycles. The highest BCUT2D eigenvalue weighted by molar-refractivity contribution is 4.87. The predicted molar refractivity (Wildman–Crippen MR) is 69.3 cm³/mol. The van der Waals surface area contributed by atoms with Crippen LogP contribution >= 0.6 is 0 Å². The van der Waals surface area contributed by atoms with Gasteiger partial charge >= 0.3 is 0 Å². The Morgan fingerprint density at radius 2 is 1.65 bits per heavy atom. The van der Waals surface area contributed by atoms with Gasteiger partial charge in [-0.15, -0.1) is 0 Å². The van der Waals surface area contributed by atoms with E-state index in [-0.39, 0.29) is 5.54 Å². The lowest BCUT2D eigenvalue weighted by atomic mass is 10.0. The Balaban J connectivity index is 4.44. The van der Waals surface area contributed by atoms with Gasteiger partial charge in [0.05, 0.1) is 25.4 Å². The molecule has 0 aliphatic rings. The topological polar surface area (TPSA) is 57.0 Å². The van der Waals surface area contributed by atoms with E-state index in [0.717, 1.165) is 13.1 Å². The molecule has 5 heteroatoms. The van der Waals surface area contributed by atoms with Crippen molar-refractivity contribution < 1.29 is 14.2 Å². The monoisotopic (exact) mass is 248 g/mol. The summed E-state index contributed by atoms with van der Waals surface area (Å²) in [7, 11) is 3.41. The fraction of sp³-hybridized carbons (Fsp3) is 1.00. The SMILES string of the molecule is CCOCC(C)(CN)N(CCOC)CCOC. The highest BCUT2D eigenvalue weighted by atomic mass is 16.5. The standard InChI is InChI=1S/C12H28N2O3/c1-5-17-11-12(2,10-13)14(6-8-15-3)7-9-16-4/h5-11,13H2,1-4H3. The molecule has 0 spiro atoms. The molecule has 0 amide bonds. The maximum absolute atomic E-state index is 5.89. The van der Waals surface area contributed by atoms with Crippen LogP contribution in [0, 0.1) is 0 Å². The first-order chi connectivity index (χ1) is 8.14. The van der Waals surface area contributed by atoms with Crippen molar-refractivity contribution in [2.24, 2.45) is 5.73 Å². The average Bonchev–Trinajstić information content (AvgIpc) is 2.36. The molecular formula is C12H28N2O3. The molecule has 104 valence electrons. The molecule has 1 unspecified atom stereocenters. The van der Waals surface area contributed by atoms with E-state index in [9.17, 15) is 0 Å². The Kier molecular flexibility index (Phi) is 9.68. The summed E-state index contributed by atoms with van der Waals surface area (Å²) in [6.07, 6.45) is 0. The number of hydrogen-bond acceptors (Lipinski definition) is 5. The summed E-state index contributed by atoms with van der Waals surface area (Å²) in [5.41, 5.74) is 5.73. The molecule has 0 bridgehead atoms. The van der Waals surface area contributed by atoms with Gasteiger partial charge in [-0.3, -0.25) is 4.90 Å². The second-order valence-corrected chi connectivity index (χ2v) is 4.31. The molecule has 0 aliphatic heterocycles. The van der Waals surface area contributed by atoms with Crippen molar-refractivity contribution in [1.29, 1.82) is 0 Å². The molecule has 1 atom stereocenters. The van der Waals surface area contributed by atoms with E-state index in [4.69, 9.17) is 19.9 Å². The molecule has 0 aliphatic carbocycles. The van der Waals surface area contributed by atoms with Crippen molar-refractivity contribution in [2.75, 3.05) is 60.3 Å².